The first kappa shape index (κ1) is 22.6. The van der Waals surface area contributed by atoms with Crippen molar-refractivity contribution in [1.82, 2.24) is 4.31 Å². The number of aryl methyl sites for hydroxylation is 1. The van der Waals surface area contributed by atoms with E-state index in [-0.39, 0.29) is 16.7 Å². The number of ether oxygens (including phenoxy) is 1. The second-order valence-electron chi connectivity index (χ2n) is 7.45. The highest BCUT2D eigenvalue weighted by Crippen LogP contribution is 2.27. The van der Waals surface area contributed by atoms with Crippen molar-refractivity contribution in [2.45, 2.75) is 38.0 Å². The molecule has 0 bridgehead atoms. The van der Waals surface area contributed by atoms with Crippen LogP contribution in [0.4, 0.5) is 5.69 Å². The van der Waals surface area contributed by atoms with Crippen molar-refractivity contribution in [3.05, 3.63) is 53.1 Å². The van der Waals surface area contributed by atoms with Gasteiger partial charge in [0.15, 0.2) is 0 Å². The number of nitrogens with zero attached hydrogens (tertiary/aromatic N) is 1. The number of benzene rings is 2. The number of sulfonamides is 1. The molecular formula is C22H27ClN2O4S. The summed E-state index contributed by atoms with van der Waals surface area (Å²) in [6.45, 7) is 5.25. The van der Waals surface area contributed by atoms with Crippen molar-refractivity contribution in [2.75, 3.05) is 25.0 Å². The smallest absolute Gasteiger partial charge is 0.243 e. The number of amides is 1. The summed E-state index contributed by atoms with van der Waals surface area (Å²) >= 11 is 5.85. The van der Waals surface area contributed by atoms with Gasteiger partial charge in [-0.25, -0.2) is 8.42 Å². The van der Waals surface area contributed by atoms with Gasteiger partial charge in [0.25, 0.3) is 0 Å². The summed E-state index contributed by atoms with van der Waals surface area (Å²) in [4.78, 5) is 12.9. The first-order valence-electron chi connectivity index (χ1n) is 10.1. The summed E-state index contributed by atoms with van der Waals surface area (Å²) in [6.07, 6.45) is 1.90. The molecule has 0 unspecified atom stereocenters. The summed E-state index contributed by atoms with van der Waals surface area (Å²) in [5.41, 5.74) is 1.68. The van der Waals surface area contributed by atoms with Gasteiger partial charge in [-0.3, -0.25) is 4.79 Å². The molecule has 1 N–H and O–H groups in total. The highest BCUT2D eigenvalue weighted by molar-refractivity contribution is 7.89. The molecule has 2 aromatic rings. The molecule has 30 heavy (non-hydrogen) atoms. The second-order valence-corrected chi connectivity index (χ2v) is 9.82. The van der Waals surface area contributed by atoms with E-state index in [9.17, 15) is 13.2 Å². The highest BCUT2D eigenvalue weighted by Gasteiger charge is 2.32. The number of piperidine rings is 1. The molecule has 1 fully saturated rings. The summed E-state index contributed by atoms with van der Waals surface area (Å²) in [5, 5.41) is 3.47. The second kappa shape index (κ2) is 9.81. The van der Waals surface area contributed by atoms with E-state index in [0.29, 0.717) is 37.6 Å². The van der Waals surface area contributed by atoms with E-state index in [1.807, 2.05) is 32.0 Å². The molecule has 6 nitrogen and oxygen atoms in total. The number of nitrogens with one attached hydrogen (secondary N) is 1. The quantitative estimate of drug-likeness (QED) is 0.674. The van der Waals surface area contributed by atoms with Gasteiger partial charge < -0.3 is 10.1 Å². The zero-order chi connectivity index (χ0) is 21.7. The van der Waals surface area contributed by atoms with E-state index in [1.54, 1.807) is 12.1 Å². The molecule has 0 radical (unpaired) electrons. The van der Waals surface area contributed by atoms with Crippen LogP contribution in [0.15, 0.2) is 47.4 Å². The molecule has 0 saturated carbocycles. The van der Waals surface area contributed by atoms with Crippen LogP contribution in [0.2, 0.25) is 5.02 Å². The SMILES string of the molecule is CCCOc1ccc(NC(=O)C2CCN(S(=O)(=O)c3ccc(Cl)cc3)CC2)c(C)c1. The predicted molar refractivity (Wildman–Crippen MR) is 119 cm³/mol. The van der Waals surface area contributed by atoms with Crippen molar-refractivity contribution in [3.8, 4) is 5.75 Å². The topological polar surface area (TPSA) is 75.7 Å². The monoisotopic (exact) mass is 450 g/mol. The lowest BCUT2D eigenvalue weighted by Gasteiger charge is -2.30. The van der Waals surface area contributed by atoms with Crippen molar-refractivity contribution < 1.29 is 17.9 Å². The Labute approximate surface area is 183 Å². The molecule has 0 aromatic heterocycles. The molecule has 0 aliphatic carbocycles. The average molecular weight is 451 g/mol. The minimum Gasteiger partial charge on any atom is -0.494 e. The number of carbonyl (C=O) groups is 1. The molecule has 1 aliphatic rings. The van der Waals surface area contributed by atoms with Crippen LogP contribution in [0.1, 0.15) is 31.7 Å². The van der Waals surface area contributed by atoms with Crippen LogP contribution < -0.4 is 10.1 Å². The van der Waals surface area contributed by atoms with Crippen LogP contribution in [0.3, 0.4) is 0 Å². The highest BCUT2D eigenvalue weighted by atomic mass is 35.5. The maximum atomic E-state index is 12.8. The fraction of sp³-hybridized carbons (Fsp3) is 0.409. The summed E-state index contributed by atoms with van der Waals surface area (Å²) < 4.78 is 32.6. The van der Waals surface area contributed by atoms with Gasteiger partial charge in [0.2, 0.25) is 15.9 Å². The molecule has 1 amide bonds. The van der Waals surface area contributed by atoms with Gasteiger partial charge in [0, 0.05) is 29.7 Å². The van der Waals surface area contributed by atoms with Gasteiger partial charge in [-0.2, -0.15) is 4.31 Å². The normalized spacial score (nSPS) is 15.7. The van der Waals surface area contributed by atoms with Crippen LogP contribution in [0.25, 0.3) is 0 Å². The van der Waals surface area contributed by atoms with Crippen molar-refractivity contribution in [1.29, 1.82) is 0 Å². The lowest BCUT2D eigenvalue weighted by atomic mass is 9.97. The van der Waals surface area contributed by atoms with E-state index >= 15 is 0 Å². The van der Waals surface area contributed by atoms with E-state index in [0.717, 1.165) is 23.4 Å². The molecular weight excluding hydrogens is 424 g/mol. The van der Waals surface area contributed by atoms with Crippen LogP contribution in [-0.2, 0) is 14.8 Å². The Bertz CT molecular complexity index is 985. The van der Waals surface area contributed by atoms with Gasteiger partial charge in [0.05, 0.1) is 11.5 Å². The Hall–Kier alpha value is -2.09. The molecule has 1 heterocycles. The number of hydrogen-bond acceptors (Lipinski definition) is 4. The Kier molecular flexibility index (Phi) is 7.39. The maximum Gasteiger partial charge on any atom is 0.243 e. The largest absolute Gasteiger partial charge is 0.494 e. The van der Waals surface area contributed by atoms with Crippen LogP contribution >= 0.6 is 11.6 Å². The molecule has 0 spiro atoms. The number of halogens is 1. The minimum atomic E-state index is -3.58. The van der Waals surface area contributed by atoms with Crippen LogP contribution in [0, 0.1) is 12.8 Å². The fourth-order valence-corrected chi connectivity index (χ4v) is 5.03. The molecule has 0 atom stereocenters. The minimum absolute atomic E-state index is 0.0798. The fourth-order valence-electron chi connectivity index (χ4n) is 3.43. The molecule has 162 valence electrons. The number of hydrogen-bond donors (Lipinski definition) is 1. The molecule has 2 aromatic carbocycles. The summed E-state index contributed by atoms with van der Waals surface area (Å²) in [7, 11) is -3.58. The van der Waals surface area contributed by atoms with E-state index < -0.39 is 10.0 Å². The lowest BCUT2D eigenvalue weighted by Crippen LogP contribution is -2.41. The molecule has 3 rings (SSSR count). The zero-order valence-electron chi connectivity index (χ0n) is 17.2. The molecule has 1 saturated heterocycles. The Morgan fingerprint density at radius 3 is 2.43 bits per heavy atom. The average Bonchev–Trinajstić information content (AvgIpc) is 2.74. The van der Waals surface area contributed by atoms with E-state index in [2.05, 4.69) is 5.32 Å². The molecule has 8 heteroatoms. The number of carbonyl (C=O) groups excluding carboxylic acids is 1. The van der Waals surface area contributed by atoms with Crippen molar-refractivity contribution in [2.24, 2.45) is 5.92 Å². The summed E-state index contributed by atoms with van der Waals surface area (Å²) in [6, 6.07) is 11.7. The van der Waals surface area contributed by atoms with Gasteiger partial charge in [-0.15, -0.1) is 0 Å². The lowest BCUT2D eigenvalue weighted by molar-refractivity contribution is -0.120. The van der Waals surface area contributed by atoms with Crippen molar-refractivity contribution in [3.63, 3.8) is 0 Å². The van der Waals surface area contributed by atoms with E-state index in [4.69, 9.17) is 16.3 Å². The van der Waals surface area contributed by atoms with Gasteiger partial charge >= 0.3 is 0 Å². The van der Waals surface area contributed by atoms with Gasteiger partial charge in [-0.1, -0.05) is 18.5 Å². The Morgan fingerprint density at radius 2 is 1.83 bits per heavy atom. The van der Waals surface area contributed by atoms with Crippen LogP contribution in [-0.4, -0.2) is 38.3 Å². The Morgan fingerprint density at radius 1 is 1.17 bits per heavy atom. The van der Waals surface area contributed by atoms with Crippen molar-refractivity contribution >= 4 is 33.2 Å². The number of rotatable bonds is 7. The van der Waals surface area contributed by atoms with E-state index in [1.165, 1.54) is 16.4 Å². The first-order valence-corrected chi connectivity index (χ1v) is 11.9. The standard InChI is InChI=1S/C22H27ClN2O4S/c1-3-14-29-19-6-9-21(16(2)15-19)24-22(26)17-10-12-25(13-11-17)30(27,28)20-7-4-18(23)5-8-20/h4-9,15,17H,3,10-14H2,1-2H3,(H,24,26). The predicted octanol–water partition coefficient (Wildman–Crippen LogP) is 4.48. The number of anilines is 1. The third-order valence-corrected chi connectivity index (χ3v) is 7.37. The third kappa shape index (κ3) is 5.33. The van der Waals surface area contributed by atoms with Gasteiger partial charge in [-0.05, 0) is 74.2 Å². The first-order chi connectivity index (χ1) is 14.3. The zero-order valence-corrected chi connectivity index (χ0v) is 18.8. The Balaban J connectivity index is 1.58. The molecule has 1 aliphatic heterocycles. The van der Waals surface area contributed by atoms with Crippen LogP contribution in [0.5, 0.6) is 5.75 Å². The maximum absolute atomic E-state index is 12.8. The van der Waals surface area contributed by atoms with Gasteiger partial charge in [0.1, 0.15) is 5.75 Å². The summed E-state index contributed by atoms with van der Waals surface area (Å²) in [5.74, 6) is 0.481. The third-order valence-electron chi connectivity index (χ3n) is 5.20.